The number of esters is 1. The van der Waals surface area contributed by atoms with Crippen LogP contribution in [0.15, 0.2) is 54.6 Å². The van der Waals surface area contributed by atoms with E-state index in [2.05, 4.69) is 4.98 Å². The number of aromatic nitrogens is 1. The van der Waals surface area contributed by atoms with Crippen LogP contribution in [0.2, 0.25) is 5.02 Å². The summed E-state index contributed by atoms with van der Waals surface area (Å²) >= 11 is 5.95. The van der Waals surface area contributed by atoms with Gasteiger partial charge in [0.15, 0.2) is 11.4 Å². The minimum Gasteiger partial charge on any atom is -0.505 e. The molecule has 24 heavy (non-hydrogen) atoms. The summed E-state index contributed by atoms with van der Waals surface area (Å²) in [6.45, 7) is 1.95. The zero-order chi connectivity index (χ0) is 17.1. The molecule has 3 aromatic rings. The van der Waals surface area contributed by atoms with E-state index in [0.29, 0.717) is 16.3 Å². The number of nitrogens with one attached hydrogen (secondary N) is 1. The predicted octanol–water partition coefficient (Wildman–Crippen LogP) is 4.88. The van der Waals surface area contributed by atoms with Gasteiger partial charge in [0.2, 0.25) is 0 Å². The summed E-state index contributed by atoms with van der Waals surface area (Å²) in [6, 6.07) is 16.6. The molecule has 0 atom stereocenters. The van der Waals surface area contributed by atoms with Crippen molar-refractivity contribution in [1.29, 1.82) is 0 Å². The van der Waals surface area contributed by atoms with Gasteiger partial charge in [-0.3, -0.25) is 0 Å². The number of hydrogen-bond donors (Lipinski definition) is 2. The van der Waals surface area contributed by atoms with E-state index in [4.69, 9.17) is 16.3 Å². The molecule has 0 aliphatic rings. The first-order valence-corrected chi connectivity index (χ1v) is 7.93. The number of ether oxygens (including phenoxy) is 1. The lowest BCUT2D eigenvalue weighted by Crippen LogP contribution is -2.05. The van der Waals surface area contributed by atoms with E-state index in [0.717, 1.165) is 11.1 Å². The minimum atomic E-state index is -0.590. The van der Waals surface area contributed by atoms with E-state index < -0.39 is 5.97 Å². The van der Waals surface area contributed by atoms with E-state index in [9.17, 15) is 9.90 Å². The van der Waals surface area contributed by atoms with Gasteiger partial charge in [-0.25, -0.2) is 4.79 Å². The first kappa shape index (κ1) is 16.1. The molecule has 0 saturated heterocycles. The molecule has 0 bridgehead atoms. The van der Waals surface area contributed by atoms with Gasteiger partial charge in [-0.2, -0.15) is 0 Å². The second-order valence-electron chi connectivity index (χ2n) is 5.19. The highest BCUT2D eigenvalue weighted by molar-refractivity contribution is 6.30. The highest BCUT2D eigenvalue weighted by Gasteiger charge is 2.24. The Kier molecular flexibility index (Phi) is 4.58. The molecule has 0 saturated carbocycles. The van der Waals surface area contributed by atoms with E-state index in [1.807, 2.05) is 42.5 Å². The maximum atomic E-state index is 12.1. The van der Waals surface area contributed by atoms with Gasteiger partial charge < -0.3 is 14.8 Å². The van der Waals surface area contributed by atoms with Crippen molar-refractivity contribution in [1.82, 2.24) is 4.98 Å². The van der Waals surface area contributed by atoms with Crippen LogP contribution in [0.25, 0.3) is 22.4 Å². The molecule has 5 heteroatoms. The Morgan fingerprint density at radius 3 is 2.38 bits per heavy atom. The zero-order valence-electron chi connectivity index (χ0n) is 13.0. The molecular weight excluding hydrogens is 326 g/mol. The molecule has 0 unspecified atom stereocenters. The average molecular weight is 342 g/mol. The van der Waals surface area contributed by atoms with E-state index >= 15 is 0 Å². The SMILES string of the molecule is CCOC(=O)c1[nH]c(-c2ccc(Cl)cc2)c(-c2ccccc2)c1O. The minimum absolute atomic E-state index is 0.0423. The van der Waals surface area contributed by atoms with Crippen molar-refractivity contribution in [2.75, 3.05) is 6.61 Å². The van der Waals surface area contributed by atoms with E-state index in [-0.39, 0.29) is 18.1 Å². The largest absolute Gasteiger partial charge is 0.505 e. The van der Waals surface area contributed by atoms with Gasteiger partial charge in [-0.1, -0.05) is 54.1 Å². The Morgan fingerprint density at radius 2 is 1.75 bits per heavy atom. The van der Waals surface area contributed by atoms with Crippen LogP contribution in [0.4, 0.5) is 0 Å². The van der Waals surface area contributed by atoms with Gasteiger partial charge in [-0.05, 0) is 30.2 Å². The fraction of sp³-hybridized carbons (Fsp3) is 0.105. The third-order valence-corrected chi connectivity index (χ3v) is 3.90. The highest BCUT2D eigenvalue weighted by Crippen LogP contribution is 2.41. The number of benzene rings is 2. The molecule has 0 radical (unpaired) electrons. The number of aromatic hydroxyl groups is 1. The quantitative estimate of drug-likeness (QED) is 0.664. The van der Waals surface area contributed by atoms with Crippen LogP contribution in [-0.4, -0.2) is 22.7 Å². The third kappa shape index (κ3) is 3.01. The monoisotopic (exact) mass is 341 g/mol. The van der Waals surface area contributed by atoms with Crippen LogP contribution in [0, 0.1) is 0 Å². The van der Waals surface area contributed by atoms with Gasteiger partial charge in [-0.15, -0.1) is 0 Å². The summed E-state index contributed by atoms with van der Waals surface area (Å²) in [4.78, 5) is 15.1. The topological polar surface area (TPSA) is 62.3 Å². The lowest BCUT2D eigenvalue weighted by molar-refractivity contribution is 0.0517. The summed E-state index contributed by atoms with van der Waals surface area (Å²) < 4.78 is 5.02. The van der Waals surface area contributed by atoms with E-state index in [1.54, 1.807) is 19.1 Å². The number of rotatable bonds is 4. The van der Waals surface area contributed by atoms with Crippen LogP contribution in [-0.2, 0) is 4.74 Å². The van der Waals surface area contributed by atoms with Crippen molar-refractivity contribution in [3.05, 3.63) is 65.3 Å². The van der Waals surface area contributed by atoms with Crippen molar-refractivity contribution in [2.45, 2.75) is 6.92 Å². The maximum absolute atomic E-state index is 12.1. The molecule has 0 aliphatic carbocycles. The predicted molar refractivity (Wildman–Crippen MR) is 94.3 cm³/mol. The number of hydrogen-bond acceptors (Lipinski definition) is 3. The van der Waals surface area contributed by atoms with Crippen LogP contribution < -0.4 is 0 Å². The molecule has 3 rings (SSSR count). The van der Waals surface area contributed by atoms with Crippen LogP contribution >= 0.6 is 11.6 Å². The van der Waals surface area contributed by atoms with Crippen LogP contribution in [0.3, 0.4) is 0 Å². The zero-order valence-corrected chi connectivity index (χ0v) is 13.8. The summed E-state index contributed by atoms with van der Waals surface area (Å²) in [6.07, 6.45) is 0. The lowest BCUT2D eigenvalue weighted by atomic mass is 10.0. The molecular formula is C19H16ClNO3. The number of carbonyl (C=O) groups excluding carboxylic acids is 1. The Balaban J connectivity index is 2.21. The molecule has 0 spiro atoms. The molecule has 1 heterocycles. The first-order chi connectivity index (χ1) is 11.6. The van der Waals surface area contributed by atoms with Crippen LogP contribution in [0.1, 0.15) is 17.4 Å². The van der Waals surface area contributed by atoms with Gasteiger partial charge >= 0.3 is 5.97 Å². The summed E-state index contributed by atoms with van der Waals surface area (Å²) in [5.74, 6) is -0.711. The fourth-order valence-electron chi connectivity index (χ4n) is 2.56. The maximum Gasteiger partial charge on any atom is 0.358 e. The lowest BCUT2D eigenvalue weighted by Gasteiger charge is -2.05. The average Bonchev–Trinajstić information content (AvgIpc) is 2.94. The molecule has 2 aromatic carbocycles. The molecule has 122 valence electrons. The third-order valence-electron chi connectivity index (χ3n) is 3.65. The normalized spacial score (nSPS) is 10.6. The molecule has 0 amide bonds. The summed E-state index contributed by atoms with van der Waals surface area (Å²) in [5, 5.41) is 11.2. The standard InChI is InChI=1S/C19H16ClNO3/c1-2-24-19(23)17-18(22)15(12-6-4-3-5-7-12)16(21-17)13-8-10-14(20)11-9-13/h3-11,21-22H,2H2,1H3. The van der Waals surface area contributed by atoms with E-state index in [1.165, 1.54) is 0 Å². The molecule has 0 fully saturated rings. The Hall–Kier alpha value is -2.72. The van der Waals surface area contributed by atoms with Crippen LogP contribution in [0.5, 0.6) is 5.75 Å². The van der Waals surface area contributed by atoms with Gasteiger partial charge in [0.05, 0.1) is 17.9 Å². The molecule has 4 nitrogen and oxygen atoms in total. The molecule has 1 aromatic heterocycles. The van der Waals surface area contributed by atoms with Gasteiger partial charge in [0.25, 0.3) is 0 Å². The smallest absolute Gasteiger partial charge is 0.358 e. The highest BCUT2D eigenvalue weighted by atomic mass is 35.5. The first-order valence-electron chi connectivity index (χ1n) is 7.55. The van der Waals surface area contributed by atoms with Gasteiger partial charge in [0.1, 0.15) is 0 Å². The summed E-state index contributed by atoms with van der Waals surface area (Å²) in [5.41, 5.74) is 2.84. The van der Waals surface area contributed by atoms with Crippen molar-refractivity contribution >= 4 is 17.6 Å². The fourth-order valence-corrected chi connectivity index (χ4v) is 2.69. The van der Waals surface area contributed by atoms with Crippen molar-refractivity contribution < 1.29 is 14.6 Å². The Labute approximate surface area is 144 Å². The van der Waals surface area contributed by atoms with Crippen molar-refractivity contribution in [3.8, 4) is 28.1 Å². The Bertz CT molecular complexity index is 854. The number of H-pyrrole nitrogens is 1. The van der Waals surface area contributed by atoms with Crippen molar-refractivity contribution in [3.63, 3.8) is 0 Å². The summed E-state index contributed by atoms with van der Waals surface area (Å²) in [7, 11) is 0. The molecule has 2 N–H and O–H groups in total. The Morgan fingerprint density at radius 1 is 1.08 bits per heavy atom. The number of carbonyl (C=O) groups is 1. The number of aromatic amines is 1. The molecule has 0 aliphatic heterocycles. The van der Waals surface area contributed by atoms with Gasteiger partial charge in [0, 0.05) is 5.02 Å². The second-order valence-corrected chi connectivity index (χ2v) is 5.63. The van der Waals surface area contributed by atoms with Crippen molar-refractivity contribution in [2.24, 2.45) is 0 Å². The second kappa shape index (κ2) is 6.81. The number of halogens is 1.